The average Bonchev–Trinajstić information content (AvgIpc) is 2.75. The van der Waals surface area contributed by atoms with Gasteiger partial charge in [-0.3, -0.25) is 0 Å². The third-order valence-electron chi connectivity index (χ3n) is 3.31. The number of hydrogen-bond acceptors (Lipinski definition) is 2. The van der Waals surface area contributed by atoms with Crippen LogP contribution in [0.5, 0.6) is 0 Å². The van der Waals surface area contributed by atoms with Gasteiger partial charge >= 0.3 is 0 Å². The Morgan fingerprint density at radius 1 is 1.50 bits per heavy atom. The zero-order valence-electron chi connectivity index (χ0n) is 8.74. The molecule has 1 aromatic heterocycles. The van der Waals surface area contributed by atoms with Crippen LogP contribution >= 0.6 is 0 Å². The Labute approximate surface area is 84.8 Å². The van der Waals surface area contributed by atoms with Crippen LogP contribution in [0.4, 0.5) is 0 Å². The van der Waals surface area contributed by atoms with Gasteiger partial charge in [-0.2, -0.15) is 0 Å². The Morgan fingerprint density at radius 3 is 2.86 bits per heavy atom. The van der Waals surface area contributed by atoms with Crippen molar-refractivity contribution in [1.82, 2.24) is 9.55 Å². The van der Waals surface area contributed by atoms with E-state index in [0.29, 0.717) is 5.41 Å². The summed E-state index contributed by atoms with van der Waals surface area (Å²) in [4.78, 5) is 4.12. The number of imidazole rings is 1. The second-order valence-corrected chi connectivity index (χ2v) is 4.65. The van der Waals surface area contributed by atoms with Crippen molar-refractivity contribution in [2.45, 2.75) is 45.8 Å². The number of aromatic nitrogens is 2. The van der Waals surface area contributed by atoms with Gasteiger partial charge < -0.3 is 9.67 Å². The summed E-state index contributed by atoms with van der Waals surface area (Å²) in [5.41, 5.74) is 0.421. The molecule has 0 aliphatic heterocycles. The Bertz CT molecular complexity index is 300. The lowest BCUT2D eigenvalue weighted by atomic mass is 9.89. The van der Waals surface area contributed by atoms with Gasteiger partial charge in [0.05, 0.1) is 0 Å². The van der Waals surface area contributed by atoms with Gasteiger partial charge in [-0.05, 0) is 18.3 Å². The fraction of sp³-hybridized carbons (Fsp3) is 0.727. The fourth-order valence-electron chi connectivity index (χ4n) is 2.43. The Hall–Kier alpha value is -0.830. The molecule has 3 nitrogen and oxygen atoms in total. The Balaban J connectivity index is 2.09. The third kappa shape index (κ3) is 1.82. The molecule has 1 fully saturated rings. The maximum Gasteiger partial charge on any atom is 0.134 e. The molecule has 0 unspecified atom stereocenters. The van der Waals surface area contributed by atoms with E-state index in [4.69, 9.17) is 5.11 Å². The van der Waals surface area contributed by atoms with E-state index in [1.54, 1.807) is 6.20 Å². The molecule has 0 spiro atoms. The van der Waals surface area contributed by atoms with Crippen LogP contribution in [0, 0.1) is 5.41 Å². The van der Waals surface area contributed by atoms with Crippen molar-refractivity contribution in [2.24, 2.45) is 5.41 Å². The average molecular weight is 194 g/mol. The Morgan fingerprint density at radius 2 is 2.21 bits per heavy atom. The van der Waals surface area contributed by atoms with Gasteiger partial charge in [-0.1, -0.05) is 19.8 Å². The first-order chi connectivity index (χ1) is 6.73. The lowest BCUT2D eigenvalue weighted by Crippen LogP contribution is -2.20. The van der Waals surface area contributed by atoms with Crippen molar-refractivity contribution in [3.63, 3.8) is 0 Å². The van der Waals surface area contributed by atoms with Gasteiger partial charge in [-0.15, -0.1) is 0 Å². The smallest absolute Gasteiger partial charge is 0.134 e. The lowest BCUT2D eigenvalue weighted by Gasteiger charge is -2.24. The van der Waals surface area contributed by atoms with Crippen LogP contribution in [0.15, 0.2) is 12.4 Å². The van der Waals surface area contributed by atoms with E-state index in [1.807, 2.05) is 6.20 Å². The number of aliphatic hydroxyl groups excluding tert-OH is 1. The van der Waals surface area contributed by atoms with Crippen molar-refractivity contribution in [2.75, 3.05) is 0 Å². The first-order valence-corrected chi connectivity index (χ1v) is 5.34. The lowest BCUT2D eigenvalue weighted by molar-refractivity contribution is 0.239. The minimum Gasteiger partial charge on any atom is -0.388 e. The molecule has 1 heterocycles. The maximum absolute atomic E-state index is 9.08. The Kier molecular flexibility index (Phi) is 2.59. The number of aliphatic hydroxyl groups is 1. The molecule has 0 amide bonds. The van der Waals surface area contributed by atoms with Gasteiger partial charge in [0, 0.05) is 18.9 Å². The fourth-order valence-corrected chi connectivity index (χ4v) is 2.43. The molecular weight excluding hydrogens is 176 g/mol. The highest BCUT2D eigenvalue weighted by Gasteiger charge is 2.29. The molecular formula is C11H18N2O. The molecule has 1 aliphatic rings. The first-order valence-electron chi connectivity index (χ1n) is 5.34. The highest BCUT2D eigenvalue weighted by molar-refractivity contribution is 4.93. The van der Waals surface area contributed by atoms with Gasteiger partial charge in [0.25, 0.3) is 0 Å². The molecule has 1 saturated carbocycles. The van der Waals surface area contributed by atoms with Gasteiger partial charge in [0.2, 0.25) is 0 Å². The predicted octanol–water partition coefficient (Wildman–Crippen LogP) is 1.96. The van der Waals surface area contributed by atoms with E-state index in [9.17, 15) is 0 Å². The molecule has 0 aromatic carbocycles. The largest absolute Gasteiger partial charge is 0.388 e. The minimum absolute atomic E-state index is 0.0447. The van der Waals surface area contributed by atoms with Crippen molar-refractivity contribution < 1.29 is 5.11 Å². The molecule has 0 saturated heterocycles. The van der Waals surface area contributed by atoms with Crippen LogP contribution in [-0.4, -0.2) is 14.7 Å². The summed E-state index contributed by atoms with van der Waals surface area (Å²) in [6, 6.07) is 0. The predicted molar refractivity (Wildman–Crippen MR) is 54.7 cm³/mol. The monoisotopic (exact) mass is 194 g/mol. The molecule has 78 valence electrons. The van der Waals surface area contributed by atoms with Crippen LogP contribution in [-0.2, 0) is 13.2 Å². The van der Waals surface area contributed by atoms with Crippen molar-refractivity contribution >= 4 is 0 Å². The molecule has 1 aliphatic carbocycles. The summed E-state index contributed by atoms with van der Waals surface area (Å²) >= 11 is 0. The number of rotatable bonds is 3. The van der Waals surface area contributed by atoms with E-state index in [2.05, 4.69) is 16.5 Å². The topological polar surface area (TPSA) is 38.0 Å². The first kappa shape index (κ1) is 9.71. The molecule has 2 rings (SSSR count). The number of nitrogens with zero attached hydrogens (tertiary/aromatic N) is 2. The van der Waals surface area contributed by atoms with Crippen LogP contribution in [0.1, 0.15) is 38.4 Å². The maximum atomic E-state index is 9.08. The zero-order chi connectivity index (χ0) is 10.0. The van der Waals surface area contributed by atoms with Crippen LogP contribution in [0.2, 0.25) is 0 Å². The summed E-state index contributed by atoms with van der Waals surface area (Å²) < 4.78 is 2.09. The summed E-state index contributed by atoms with van der Waals surface area (Å²) in [6.45, 7) is 3.38. The van der Waals surface area contributed by atoms with Crippen molar-refractivity contribution in [1.29, 1.82) is 0 Å². The second-order valence-electron chi connectivity index (χ2n) is 4.65. The highest BCUT2D eigenvalue weighted by Crippen LogP contribution is 2.38. The molecule has 0 radical (unpaired) electrons. The minimum atomic E-state index is 0.0447. The zero-order valence-corrected chi connectivity index (χ0v) is 8.74. The highest BCUT2D eigenvalue weighted by atomic mass is 16.3. The SMILES string of the molecule is CC1(Cn2ccnc2CO)CCCC1. The summed E-state index contributed by atoms with van der Waals surface area (Å²) in [5.74, 6) is 0.790. The molecule has 14 heavy (non-hydrogen) atoms. The molecule has 1 N–H and O–H groups in total. The van der Waals surface area contributed by atoms with Crippen LogP contribution < -0.4 is 0 Å². The van der Waals surface area contributed by atoms with Gasteiger partial charge in [-0.25, -0.2) is 4.98 Å². The van der Waals surface area contributed by atoms with Crippen LogP contribution in [0.25, 0.3) is 0 Å². The third-order valence-corrected chi connectivity index (χ3v) is 3.31. The molecule has 1 aromatic rings. The quantitative estimate of drug-likeness (QED) is 0.798. The standard InChI is InChI=1S/C11H18N2O/c1-11(4-2-3-5-11)9-13-7-6-12-10(13)8-14/h6-7,14H,2-5,8-9H2,1H3. The van der Waals surface area contributed by atoms with Crippen molar-refractivity contribution in [3.05, 3.63) is 18.2 Å². The summed E-state index contributed by atoms with van der Waals surface area (Å²) in [5, 5.41) is 9.08. The molecule has 3 heteroatoms. The normalized spacial score (nSPS) is 20.1. The van der Waals surface area contributed by atoms with Crippen LogP contribution in [0.3, 0.4) is 0 Å². The number of hydrogen-bond donors (Lipinski definition) is 1. The molecule has 0 bridgehead atoms. The summed E-state index contributed by atoms with van der Waals surface area (Å²) in [6.07, 6.45) is 9.03. The second kappa shape index (κ2) is 3.73. The van der Waals surface area contributed by atoms with Gasteiger partial charge in [0.1, 0.15) is 12.4 Å². The van der Waals surface area contributed by atoms with E-state index < -0.39 is 0 Å². The van der Waals surface area contributed by atoms with E-state index in [-0.39, 0.29) is 6.61 Å². The van der Waals surface area contributed by atoms with Gasteiger partial charge in [0.15, 0.2) is 0 Å². The molecule has 0 atom stereocenters. The van der Waals surface area contributed by atoms with E-state index in [0.717, 1.165) is 12.4 Å². The van der Waals surface area contributed by atoms with Crippen molar-refractivity contribution in [3.8, 4) is 0 Å². The van der Waals surface area contributed by atoms with E-state index >= 15 is 0 Å². The summed E-state index contributed by atoms with van der Waals surface area (Å²) in [7, 11) is 0. The van der Waals surface area contributed by atoms with E-state index in [1.165, 1.54) is 25.7 Å².